The highest BCUT2D eigenvalue weighted by Gasteiger charge is 2.12. The van der Waals surface area contributed by atoms with Crippen LogP contribution in [0.3, 0.4) is 0 Å². The summed E-state index contributed by atoms with van der Waals surface area (Å²) in [6.45, 7) is 2.39. The number of aromatic nitrogens is 2. The molecule has 1 N–H and O–H groups in total. The van der Waals surface area contributed by atoms with Gasteiger partial charge in [0.15, 0.2) is 0 Å². The van der Waals surface area contributed by atoms with Gasteiger partial charge in [0.25, 0.3) is 0 Å². The molecule has 104 valence electrons. The number of piperidine rings is 1. The summed E-state index contributed by atoms with van der Waals surface area (Å²) in [6, 6.07) is 6.22. The highest BCUT2D eigenvalue weighted by atomic mass is 35.5. The van der Waals surface area contributed by atoms with Crippen LogP contribution >= 0.6 is 12.4 Å². The monoisotopic (exact) mass is 281 g/mol. The second kappa shape index (κ2) is 6.87. The van der Waals surface area contributed by atoms with Gasteiger partial charge in [-0.15, -0.1) is 12.4 Å². The molecule has 0 atom stereocenters. The lowest BCUT2D eigenvalue weighted by molar-refractivity contribution is 0.315. The number of nitrogens with one attached hydrogen (secondary N) is 1. The van der Waals surface area contributed by atoms with Gasteiger partial charge in [0, 0.05) is 0 Å². The van der Waals surface area contributed by atoms with Gasteiger partial charge in [-0.2, -0.15) is 0 Å². The molecular formula is C14H20ClN3O. The first-order valence-corrected chi connectivity index (χ1v) is 6.84. The zero-order valence-electron chi connectivity index (χ0n) is 11.0. The first-order chi connectivity index (χ1) is 8.92. The van der Waals surface area contributed by atoms with Crippen LogP contribution in [0, 0.1) is 5.92 Å². The maximum absolute atomic E-state index is 4.71. The Kier molecular flexibility index (Phi) is 5.16. The minimum Gasteiger partial charge on any atom is -0.317 e. The third-order valence-corrected chi connectivity index (χ3v) is 3.85. The molecule has 3 rings (SSSR count). The van der Waals surface area contributed by atoms with E-state index in [1.807, 2.05) is 6.07 Å². The van der Waals surface area contributed by atoms with Gasteiger partial charge in [0.2, 0.25) is 0 Å². The molecule has 0 amide bonds. The van der Waals surface area contributed by atoms with Gasteiger partial charge < -0.3 is 5.32 Å². The summed E-state index contributed by atoms with van der Waals surface area (Å²) in [6.07, 6.45) is 6.42. The Morgan fingerprint density at radius 1 is 1.16 bits per heavy atom. The lowest BCUT2D eigenvalue weighted by Gasteiger charge is -2.22. The Balaban J connectivity index is 0.00000133. The fraction of sp³-hybridized carbons (Fsp3) is 0.571. The largest absolute Gasteiger partial charge is 0.317 e. The molecule has 0 aliphatic carbocycles. The molecule has 0 saturated carbocycles. The van der Waals surface area contributed by atoms with E-state index in [1.165, 1.54) is 44.3 Å². The molecule has 0 unspecified atom stereocenters. The number of fused-ring (bicyclic) bond motifs is 1. The van der Waals surface area contributed by atoms with Crippen molar-refractivity contribution < 1.29 is 4.63 Å². The Morgan fingerprint density at radius 2 is 1.95 bits per heavy atom. The normalized spacial score (nSPS) is 16.4. The van der Waals surface area contributed by atoms with Crippen molar-refractivity contribution in [3.63, 3.8) is 0 Å². The molecule has 0 spiro atoms. The van der Waals surface area contributed by atoms with Gasteiger partial charge >= 0.3 is 0 Å². The Morgan fingerprint density at radius 3 is 2.79 bits per heavy atom. The van der Waals surface area contributed by atoms with Crippen LogP contribution in [0.2, 0.25) is 0 Å². The summed E-state index contributed by atoms with van der Waals surface area (Å²) in [5.41, 5.74) is 3.05. The van der Waals surface area contributed by atoms with Crippen molar-refractivity contribution in [2.45, 2.75) is 32.1 Å². The number of halogens is 1. The summed E-state index contributed by atoms with van der Waals surface area (Å²) in [7, 11) is 0. The molecule has 1 aliphatic heterocycles. The van der Waals surface area contributed by atoms with E-state index < -0.39 is 0 Å². The minimum atomic E-state index is 0. The Bertz CT molecular complexity index is 508. The quantitative estimate of drug-likeness (QED) is 0.936. The Labute approximate surface area is 119 Å². The highest BCUT2D eigenvalue weighted by molar-refractivity contribution is 5.85. The van der Waals surface area contributed by atoms with Gasteiger partial charge in [0.1, 0.15) is 11.0 Å². The lowest BCUT2D eigenvalue weighted by Crippen LogP contribution is -2.27. The second-order valence-corrected chi connectivity index (χ2v) is 5.17. The van der Waals surface area contributed by atoms with E-state index in [9.17, 15) is 0 Å². The summed E-state index contributed by atoms with van der Waals surface area (Å²) < 4.78 is 4.71. The van der Waals surface area contributed by atoms with E-state index in [-0.39, 0.29) is 12.4 Å². The average molecular weight is 282 g/mol. The molecular weight excluding hydrogens is 262 g/mol. The maximum atomic E-state index is 4.71. The molecule has 5 heteroatoms. The summed E-state index contributed by atoms with van der Waals surface area (Å²) >= 11 is 0. The van der Waals surface area contributed by atoms with Crippen molar-refractivity contribution in [2.75, 3.05) is 13.1 Å². The predicted molar refractivity (Wildman–Crippen MR) is 77.6 cm³/mol. The van der Waals surface area contributed by atoms with Crippen LogP contribution in [-0.2, 0) is 6.42 Å². The van der Waals surface area contributed by atoms with Crippen LogP contribution in [0.15, 0.2) is 22.8 Å². The van der Waals surface area contributed by atoms with Crippen molar-refractivity contribution in [2.24, 2.45) is 5.92 Å². The second-order valence-electron chi connectivity index (χ2n) is 5.17. The molecule has 1 saturated heterocycles. The van der Waals surface area contributed by atoms with E-state index in [4.69, 9.17) is 4.63 Å². The van der Waals surface area contributed by atoms with E-state index in [0.29, 0.717) is 0 Å². The van der Waals surface area contributed by atoms with Gasteiger partial charge in [-0.1, -0.05) is 12.5 Å². The van der Waals surface area contributed by atoms with Gasteiger partial charge in [-0.3, -0.25) is 0 Å². The van der Waals surface area contributed by atoms with Crippen LogP contribution in [0.25, 0.3) is 11.0 Å². The van der Waals surface area contributed by atoms with Crippen LogP contribution < -0.4 is 5.32 Å². The van der Waals surface area contributed by atoms with E-state index >= 15 is 0 Å². The molecule has 1 aliphatic rings. The molecule has 4 nitrogen and oxygen atoms in total. The molecule has 1 fully saturated rings. The topological polar surface area (TPSA) is 51.0 Å². The number of hydrogen-bond donors (Lipinski definition) is 1. The van der Waals surface area contributed by atoms with Gasteiger partial charge in [-0.05, 0) is 72.7 Å². The smallest absolute Gasteiger partial charge is 0.135 e. The Hall–Kier alpha value is -1.13. The number of benzene rings is 1. The SMILES string of the molecule is Cl.c1cc2nonc2cc1CCCC1CCNCC1. The first-order valence-electron chi connectivity index (χ1n) is 6.84. The number of rotatable bonds is 4. The molecule has 2 aromatic rings. The molecule has 1 aromatic heterocycles. The molecule has 1 aromatic carbocycles. The van der Waals surface area contributed by atoms with Crippen molar-refractivity contribution in [3.05, 3.63) is 23.8 Å². The van der Waals surface area contributed by atoms with Crippen LogP contribution in [0.5, 0.6) is 0 Å². The standard InChI is InChI=1S/C14H19N3O.ClH/c1(2-11-6-8-15-9-7-11)3-12-4-5-13-14(10-12)17-18-16-13;/h4-5,10-11,15H,1-3,6-9H2;1H. The number of hydrogen-bond acceptors (Lipinski definition) is 4. The van der Waals surface area contributed by atoms with Crippen LogP contribution in [0.1, 0.15) is 31.2 Å². The van der Waals surface area contributed by atoms with Gasteiger partial charge in [0.05, 0.1) is 0 Å². The summed E-state index contributed by atoms with van der Waals surface area (Å²) in [5, 5.41) is 11.1. The van der Waals surface area contributed by atoms with Crippen LogP contribution in [0.4, 0.5) is 0 Å². The van der Waals surface area contributed by atoms with Crippen LogP contribution in [-0.4, -0.2) is 23.4 Å². The van der Waals surface area contributed by atoms with E-state index in [1.54, 1.807) is 0 Å². The van der Waals surface area contributed by atoms with Crippen molar-refractivity contribution in [3.8, 4) is 0 Å². The fourth-order valence-corrected chi connectivity index (χ4v) is 2.75. The number of aryl methyl sites for hydroxylation is 1. The maximum Gasteiger partial charge on any atom is 0.135 e. The molecule has 0 bridgehead atoms. The molecule has 0 radical (unpaired) electrons. The molecule has 2 heterocycles. The van der Waals surface area contributed by atoms with Gasteiger partial charge in [-0.25, -0.2) is 4.63 Å². The molecule has 19 heavy (non-hydrogen) atoms. The fourth-order valence-electron chi connectivity index (χ4n) is 2.75. The van der Waals surface area contributed by atoms with Crippen molar-refractivity contribution in [1.29, 1.82) is 0 Å². The predicted octanol–water partition coefficient (Wildman–Crippen LogP) is 2.97. The number of nitrogens with zero attached hydrogens (tertiary/aromatic N) is 2. The third kappa shape index (κ3) is 3.67. The minimum absolute atomic E-state index is 0. The first kappa shape index (κ1) is 14.3. The van der Waals surface area contributed by atoms with Crippen molar-refractivity contribution in [1.82, 2.24) is 15.6 Å². The summed E-state index contributed by atoms with van der Waals surface area (Å²) in [4.78, 5) is 0. The van der Waals surface area contributed by atoms with E-state index in [2.05, 4.69) is 27.8 Å². The van der Waals surface area contributed by atoms with E-state index in [0.717, 1.165) is 23.4 Å². The van der Waals surface area contributed by atoms with Crippen molar-refractivity contribution >= 4 is 23.4 Å². The summed E-state index contributed by atoms with van der Waals surface area (Å²) in [5.74, 6) is 0.920. The third-order valence-electron chi connectivity index (χ3n) is 3.85. The lowest BCUT2D eigenvalue weighted by atomic mass is 9.91. The zero-order valence-corrected chi connectivity index (χ0v) is 11.8. The average Bonchev–Trinajstić information content (AvgIpc) is 2.87. The highest BCUT2D eigenvalue weighted by Crippen LogP contribution is 2.20. The zero-order chi connectivity index (χ0) is 12.2.